The molecule has 0 saturated heterocycles. The van der Waals surface area contributed by atoms with Gasteiger partial charge >= 0.3 is 11.9 Å². The molecule has 0 bridgehead atoms. The number of imidazole rings is 1. The SMILES string of the molecule is COC(=O)c1sc(-n2cnc3cc(C(=O)O)ccc32)cc1OC(C)c1ccccc1Cl. The summed E-state index contributed by atoms with van der Waals surface area (Å²) in [7, 11) is 1.31. The molecule has 158 valence electrons. The molecular formula is C22H17ClN2O5S. The third-order valence-corrected chi connectivity index (χ3v) is 6.17. The molecule has 31 heavy (non-hydrogen) atoms. The van der Waals surface area contributed by atoms with Crippen molar-refractivity contribution in [1.29, 1.82) is 0 Å². The Morgan fingerprint density at radius 1 is 1.19 bits per heavy atom. The van der Waals surface area contributed by atoms with Crippen LogP contribution >= 0.6 is 22.9 Å². The Kier molecular flexibility index (Phi) is 5.67. The Labute approximate surface area is 186 Å². The van der Waals surface area contributed by atoms with Crippen LogP contribution in [0, 0.1) is 0 Å². The zero-order chi connectivity index (χ0) is 22.1. The van der Waals surface area contributed by atoms with E-state index in [9.17, 15) is 14.7 Å². The van der Waals surface area contributed by atoms with Gasteiger partial charge in [0.1, 0.15) is 23.2 Å². The number of halogens is 1. The zero-order valence-electron chi connectivity index (χ0n) is 16.5. The summed E-state index contributed by atoms with van der Waals surface area (Å²) in [6.07, 6.45) is 1.17. The minimum Gasteiger partial charge on any atom is -0.484 e. The summed E-state index contributed by atoms with van der Waals surface area (Å²) < 4.78 is 12.8. The van der Waals surface area contributed by atoms with E-state index in [4.69, 9.17) is 21.1 Å². The second-order valence-corrected chi connectivity index (χ2v) is 8.11. The Bertz CT molecular complexity index is 1300. The molecule has 0 aliphatic carbocycles. The number of aromatic carboxylic acids is 1. The molecule has 7 nitrogen and oxygen atoms in total. The molecule has 4 aromatic rings. The number of esters is 1. The van der Waals surface area contributed by atoms with E-state index in [2.05, 4.69) is 4.98 Å². The highest BCUT2D eigenvalue weighted by molar-refractivity contribution is 7.16. The number of ether oxygens (including phenoxy) is 2. The van der Waals surface area contributed by atoms with Gasteiger partial charge in [-0.1, -0.05) is 29.8 Å². The molecule has 2 aromatic carbocycles. The van der Waals surface area contributed by atoms with E-state index in [0.717, 1.165) is 5.56 Å². The standard InChI is InChI=1S/C22H17ClN2O5S/c1-12(14-5-3-4-6-15(14)23)30-18-10-19(31-20(18)22(28)29-2)25-11-24-16-9-13(21(26)27)7-8-17(16)25/h3-12H,1-2H3,(H,26,27). The minimum absolute atomic E-state index is 0.150. The van der Waals surface area contributed by atoms with Crippen LogP contribution in [-0.2, 0) is 4.74 Å². The van der Waals surface area contributed by atoms with Crippen LogP contribution in [0.5, 0.6) is 5.75 Å². The average molecular weight is 457 g/mol. The number of carboxylic acids is 1. The molecule has 1 N–H and O–H groups in total. The Hall–Kier alpha value is -3.36. The van der Waals surface area contributed by atoms with E-state index in [0.29, 0.717) is 31.7 Å². The summed E-state index contributed by atoms with van der Waals surface area (Å²) in [6, 6.07) is 13.8. The van der Waals surface area contributed by atoms with Crippen LogP contribution in [0.3, 0.4) is 0 Å². The fraction of sp³-hybridized carbons (Fsp3) is 0.136. The number of hydrogen-bond acceptors (Lipinski definition) is 6. The highest BCUT2D eigenvalue weighted by atomic mass is 35.5. The summed E-state index contributed by atoms with van der Waals surface area (Å²) in [5, 5.41) is 10.4. The maximum atomic E-state index is 12.4. The van der Waals surface area contributed by atoms with Gasteiger partial charge in [0.2, 0.25) is 0 Å². The van der Waals surface area contributed by atoms with Crippen molar-refractivity contribution in [2.24, 2.45) is 0 Å². The van der Waals surface area contributed by atoms with Gasteiger partial charge in [-0.15, -0.1) is 11.3 Å². The number of carbonyl (C=O) groups excluding carboxylic acids is 1. The predicted molar refractivity (Wildman–Crippen MR) is 118 cm³/mol. The molecule has 0 aliphatic heterocycles. The van der Waals surface area contributed by atoms with Crippen LogP contribution in [0.1, 0.15) is 38.6 Å². The van der Waals surface area contributed by atoms with Crippen molar-refractivity contribution >= 4 is 45.9 Å². The van der Waals surface area contributed by atoms with Gasteiger partial charge in [0.05, 0.1) is 23.7 Å². The monoisotopic (exact) mass is 456 g/mol. The second kappa shape index (κ2) is 8.41. The lowest BCUT2D eigenvalue weighted by Gasteiger charge is -2.16. The van der Waals surface area contributed by atoms with Crippen molar-refractivity contribution in [2.45, 2.75) is 13.0 Å². The Morgan fingerprint density at radius 3 is 2.68 bits per heavy atom. The smallest absolute Gasteiger partial charge is 0.351 e. The number of thiophene rings is 1. The van der Waals surface area contributed by atoms with E-state index < -0.39 is 18.0 Å². The number of hydrogen-bond donors (Lipinski definition) is 1. The molecular weight excluding hydrogens is 440 g/mol. The first kappa shape index (κ1) is 20.9. The first-order chi connectivity index (χ1) is 14.9. The summed E-state index contributed by atoms with van der Waals surface area (Å²) >= 11 is 7.47. The van der Waals surface area contributed by atoms with Crippen LogP contribution in [0.15, 0.2) is 54.9 Å². The number of rotatable bonds is 6. The first-order valence-corrected chi connectivity index (χ1v) is 10.4. The Balaban J connectivity index is 1.74. The lowest BCUT2D eigenvalue weighted by atomic mass is 10.1. The molecule has 9 heteroatoms. The quantitative estimate of drug-likeness (QED) is 0.392. The molecule has 0 radical (unpaired) electrons. The molecule has 1 atom stereocenters. The molecule has 0 fully saturated rings. The van der Waals surface area contributed by atoms with Gasteiger partial charge in [-0.25, -0.2) is 14.6 Å². The molecule has 1 unspecified atom stereocenters. The lowest BCUT2D eigenvalue weighted by Crippen LogP contribution is -2.07. The lowest BCUT2D eigenvalue weighted by molar-refractivity contribution is 0.0599. The van der Waals surface area contributed by atoms with Crippen LogP contribution in [-0.4, -0.2) is 33.7 Å². The van der Waals surface area contributed by atoms with E-state index in [-0.39, 0.29) is 5.56 Å². The summed E-state index contributed by atoms with van der Waals surface area (Å²) in [5.74, 6) is -1.18. The largest absolute Gasteiger partial charge is 0.484 e. The van der Waals surface area contributed by atoms with Crippen molar-refractivity contribution in [3.63, 3.8) is 0 Å². The zero-order valence-corrected chi connectivity index (χ0v) is 18.1. The number of methoxy groups -OCH3 is 1. The van der Waals surface area contributed by atoms with Gasteiger partial charge in [0.15, 0.2) is 4.88 Å². The fourth-order valence-corrected chi connectivity index (χ4v) is 4.47. The summed E-state index contributed by atoms with van der Waals surface area (Å²) in [5.41, 5.74) is 2.17. The van der Waals surface area contributed by atoms with Gasteiger partial charge in [0.25, 0.3) is 0 Å². The van der Waals surface area contributed by atoms with Gasteiger partial charge < -0.3 is 14.6 Å². The molecule has 4 rings (SSSR count). The van der Waals surface area contributed by atoms with Crippen molar-refractivity contribution < 1.29 is 24.2 Å². The topological polar surface area (TPSA) is 90.7 Å². The third-order valence-electron chi connectivity index (χ3n) is 4.73. The molecule has 0 spiro atoms. The normalized spacial score (nSPS) is 12.0. The van der Waals surface area contributed by atoms with Crippen LogP contribution in [0.25, 0.3) is 16.0 Å². The number of aromatic nitrogens is 2. The molecule has 0 saturated carbocycles. The second-order valence-electron chi connectivity index (χ2n) is 6.67. The molecule has 2 aromatic heterocycles. The van der Waals surface area contributed by atoms with Gasteiger partial charge in [-0.05, 0) is 31.2 Å². The molecule has 0 amide bonds. The molecule has 0 aliphatic rings. The minimum atomic E-state index is -1.02. The predicted octanol–water partition coefficient (Wildman–Crippen LogP) is 5.37. The van der Waals surface area contributed by atoms with Crippen LogP contribution < -0.4 is 4.74 Å². The number of nitrogens with zero attached hydrogens (tertiary/aromatic N) is 2. The van der Waals surface area contributed by atoms with Gasteiger partial charge in [-0.3, -0.25) is 4.57 Å². The van der Waals surface area contributed by atoms with Crippen molar-refractivity contribution in [1.82, 2.24) is 9.55 Å². The van der Waals surface area contributed by atoms with Crippen LogP contribution in [0.2, 0.25) is 5.02 Å². The number of carboxylic acid groups (broad SMARTS) is 1. The van der Waals surface area contributed by atoms with Crippen molar-refractivity contribution in [2.75, 3.05) is 7.11 Å². The molecule has 2 heterocycles. The highest BCUT2D eigenvalue weighted by Gasteiger charge is 2.23. The summed E-state index contributed by atoms with van der Waals surface area (Å²) in [6.45, 7) is 1.85. The fourth-order valence-electron chi connectivity index (χ4n) is 3.18. The summed E-state index contributed by atoms with van der Waals surface area (Å²) in [4.78, 5) is 28.2. The first-order valence-electron chi connectivity index (χ1n) is 9.23. The maximum Gasteiger partial charge on any atom is 0.351 e. The highest BCUT2D eigenvalue weighted by Crippen LogP contribution is 2.37. The van der Waals surface area contributed by atoms with E-state index in [1.54, 1.807) is 29.1 Å². The van der Waals surface area contributed by atoms with Crippen LogP contribution in [0.4, 0.5) is 0 Å². The van der Waals surface area contributed by atoms with E-state index >= 15 is 0 Å². The van der Waals surface area contributed by atoms with Crippen molar-refractivity contribution in [3.05, 3.63) is 75.9 Å². The number of benzene rings is 2. The van der Waals surface area contributed by atoms with E-state index in [1.807, 2.05) is 25.1 Å². The average Bonchev–Trinajstić information content (AvgIpc) is 3.36. The maximum absolute atomic E-state index is 12.4. The Morgan fingerprint density at radius 2 is 1.97 bits per heavy atom. The van der Waals surface area contributed by atoms with E-state index in [1.165, 1.54) is 30.6 Å². The number of fused-ring (bicyclic) bond motifs is 1. The van der Waals surface area contributed by atoms with Gasteiger partial charge in [0, 0.05) is 16.7 Å². The van der Waals surface area contributed by atoms with Gasteiger partial charge in [-0.2, -0.15) is 0 Å². The number of carbonyl (C=O) groups is 2. The third kappa shape index (κ3) is 3.99. The van der Waals surface area contributed by atoms with Crippen molar-refractivity contribution in [3.8, 4) is 10.8 Å².